The Morgan fingerprint density at radius 1 is 1.32 bits per heavy atom. The van der Waals surface area contributed by atoms with Gasteiger partial charge in [-0.05, 0) is 38.5 Å². The van der Waals surface area contributed by atoms with Gasteiger partial charge in [-0.2, -0.15) is 10.2 Å². The zero-order chi connectivity index (χ0) is 17.6. The second kappa shape index (κ2) is 6.25. The second-order valence-corrected chi connectivity index (χ2v) is 7.39. The van der Waals surface area contributed by atoms with Crippen LogP contribution in [0.5, 0.6) is 0 Å². The van der Waals surface area contributed by atoms with Gasteiger partial charge in [-0.3, -0.25) is 9.89 Å². The van der Waals surface area contributed by atoms with Crippen molar-refractivity contribution in [3.8, 4) is 0 Å². The summed E-state index contributed by atoms with van der Waals surface area (Å²) in [4.78, 5) is 18.7. The molecule has 1 saturated carbocycles. The number of aliphatic hydroxyl groups excluding tert-OH is 1. The van der Waals surface area contributed by atoms with E-state index >= 15 is 0 Å². The van der Waals surface area contributed by atoms with Crippen LogP contribution in [0, 0.1) is 25.7 Å². The Labute approximate surface area is 146 Å². The Morgan fingerprint density at radius 3 is 2.72 bits per heavy atom. The van der Waals surface area contributed by atoms with Crippen LogP contribution in [0.25, 0.3) is 0 Å². The quantitative estimate of drug-likeness (QED) is 0.851. The fourth-order valence-corrected chi connectivity index (χ4v) is 4.38. The van der Waals surface area contributed by atoms with Crippen LogP contribution in [0.1, 0.15) is 35.8 Å². The number of nitrogens with zero attached hydrogens (tertiary/aromatic N) is 5. The minimum Gasteiger partial charge on any atom is -0.391 e. The molecule has 0 bridgehead atoms. The Bertz CT molecular complexity index is 736. The zero-order valence-electron chi connectivity index (χ0n) is 14.6. The summed E-state index contributed by atoms with van der Waals surface area (Å²) in [6.45, 7) is 5.37. The first-order valence-electron chi connectivity index (χ1n) is 8.83. The van der Waals surface area contributed by atoms with E-state index in [2.05, 4.69) is 20.3 Å². The topological polar surface area (TPSA) is 99.9 Å². The lowest BCUT2D eigenvalue weighted by Crippen LogP contribution is -2.36. The van der Waals surface area contributed by atoms with E-state index in [-0.39, 0.29) is 11.9 Å². The van der Waals surface area contributed by atoms with E-state index in [1.165, 1.54) is 6.33 Å². The third-order valence-corrected chi connectivity index (χ3v) is 5.85. The number of hydrogen-bond acceptors (Lipinski definition) is 5. The Hall–Kier alpha value is -2.22. The molecule has 2 aromatic rings. The summed E-state index contributed by atoms with van der Waals surface area (Å²) in [7, 11) is 0. The molecule has 25 heavy (non-hydrogen) atoms. The molecule has 3 heterocycles. The van der Waals surface area contributed by atoms with Gasteiger partial charge in [0.05, 0.1) is 24.3 Å². The predicted octanol–water partition coefficient (Wildman–Crippen LogP) is 0.631. The molecule has 8 heteroatoms. The standard InChI is InChI=1S/C17H24N6O2/c1-10-14(11(2)21-20-10)5-17(25)22-6-12-3-15(23-9-18-8-19-23)16(24)4-13(12)7-22/h8-9,12-13,15-16,24H,3-7H2,1-2H3,(H,20,21)/t12-,13+,15-,16-/m1/s1. The van der Waals surface area contributed by atoms with E-state index in [1.807, 2.05) is 18.7 Å². The molecule has 8 nitrogen and oxygen atoms in total. The molecule has 4 rings (SSSR count). The smallest absolute Gasteiger partial charge is 0.227 e. The largest absolute Gasteiger partial charge is 0.391 e. The molecular weight excluding hydrogens is 320 g/mol. The normalized spacial score (nSPS) is 29.0. The summed E-state index contributed by atoms with van der Waals surface area (Å²) < 4.78 is 1.75. The number of amides is 1. The Morgan fingerprint density at radius 2 is 2.08 bits per heavy atom. The summed E-state index contributed by atoms with van der Waals surface area (Å²) in [5.41, 5.74) is 2.86. The van der Waals surface area contributed by atoms with E-state index in [0.717, 1.165) is 36.5 Å². The van der Waals surface area contributed by atoms with Crippen molar-refractivity contribution in [1.82, 2.24) is 29.9 Å². The maximum atomic E-state index is 12.7. The first-order chi connectivity index (χ1) is 12.0. The average molecular weight is 344 g/mol. The van der Waals surface area contributed by atoms with Crippen LogP contribution in [0.3, 0.4) is 0 Å². The van der Waals surface area contributed by atoms with E-state index in [9.17, 15) is 9.90 Å². The van der Waals surface area contributed by atoms with Crippen LogP contribution in [0.2, 0.25) is 0 Å². The molecule has 1 saturated heterocycles. The van der Waals surface area contributed by atoms with Crippen LogP contribution in [0.15, 0.2) is 12.7 Å². The van der Waals surface area contributed by atoms with Gasteiger partial charge in [0.15, 0.2) is 0 Å². The average Bonchev–Trinajstić information content (AvgIpc) is 3.30. The number of hydrogen-bond donors (Lipinski definition) is 2. The second-order valence-electron chi connectivity index (χ2n) is 7.39. The summed E-state index contributed by atoms with van der Waals surface area (Å²) in [6, 6.07) is -0.0443. The number of carbonyl (C=O) groups excluding carboxylic acids is 1. The highest BCUT2D eigenvalue weighted by atomic mass is 16.3. The van der Waals surface area contributed by atoms with Crippen molar-refractivity contribution in [2.24, 2.45) is 11.8 Å². The lowest BCUT2D eigenvalue weighted by atomic mass is 9.77. The van der Waals surface area contributed by atoms with Crippen LogP contribution < -0.4 is 0 Å². The third-order valence-electron chi connectivity index (χ3n) is 5.85. The van der Waals surface area contributed by atoms with E-state index in [0.29, 0.717) is 24.7 Å². The van der Waals surface area contributed by atoms with Crippen molar-refractivity contribution in [3.63, 3.8) is 0 Å². The number of likely N-dealkylation sites (tertiary alicyclic amines) is 1. The van der Waals surface area contributed by atoms with Crippen LogP contribution in [-0.2, 0) is 11.2 Å². The fourth-order valence-electron chi connectivity index (χ4n) is 4.38. The number of aromatic nitrogens is 5. The van der Waals surface area contributed by atoms with Crippen molar-refractivity contribution < 1.29 is 9.90 Å². The summed E-state index contributed by atoms with van der Waals surface area (Å²) >= 11 is 0. The zero-order valence-corrected chi connectivity index (χ0v) is 14.6. The van der Waals surface area contributed by atoms with Gasteiger partial charge in [-0.25, -0.2) is 9.67 Å². The minimum atomic E-state index is -0.434. The van der Waals surface area contributed by atoms with Crippen molar-refractivity contribution in [3.05, 3.63) is 29.6 Å². The first kappa shape index (κ1) is 16.3. The maximum absolute atomic E-state index is 12.7. The van der Waals surface area contributed by atoms with Crippen molar-refractivity contribution in [2.45, 2.75) is 45.3 Å². The Balaban J connectivity index is 1.43. The molecule has 2 fully saturated rings. The van der Waals surface area contributed by atoms with Crippen LogP contribution in [-0.4, -0.2) is 60.1 Å². The number of rotatable bonds is 3. The van der Waals surface area contributed by atoms with Crippen molar-refractivity contribution >= 4 is 5.91 Å². The molecule has 0 aromatic carbocycles. The molecule has 1 aliphatic heterocycles. The van der Waals surface area contributed by atoms with E-state index < -0.39 is 6.10 Å². The molecule has 0 radical (unpaired) electrons. The van der Waals surface area contributed by atoms with Gasteiger partial charge in [0.2, 0.25) is 5.91 Å². The van der Waals surface area contributed by atoms with Crippen LogP contribution >= 0.6 is 0 Å². The van der Waals surface area contributed by atoms with Gasteiger partial charge in [0.25, 0.3) is 0 Å². The number of aliphatic hydroxyl groups is 1. The van der Waals surface area contributed by atoms with Gasteiger partial charge in [-0.1, -0.05) is 0 Å². The van der Waals surface area contributed by atoms with Gasteiger partial charge in [0, 0.05) is 24.3 Å². The monoisotopic (exact) mass is 344 g/mol. The molecule has 4 atom stereocenters. The number of nitrogens with one attached hydrogen (secondary N) is 1. The molecule has 1 aliphatic carbocycles. The molecule has 2 N–H and O–H groups in total. The molecular formula is C17H24N6O2. The highest BCUT2D eigenvalue weighted by molar-refractivity contribution is 5.79. The lowest BCUT2D eigenvalue weighted by Gasteiger charge is -2.34. The summed E-state index contributed by atoms with van der Waals surface area (Å²) in [6.07, 6.45) is 4.67. The maximum Gasteiger partial charge on any atom is 0.227 e. The molecule has 1 amide bonds. The number of carbonyl (C=O) groups is 1. The van der Waals surface area contributed by atoms with Gasteiger partial charge >= 0.3 is 0 Å². The number of H-pyrrole nitrogens is 1. The number of aromatic amines is 1. The van der Waals surface area contributed by atoms with E-state index in [4.69, 9.17) is 0 Å². The fraction of sp³-hybridized carbons (Fsp3) is 0.647. The number of fused-ring (bicyclic) bond motifs is 1. The molecule has 134 valence electrons. The Kier molecular flexibility index (Phi) is 4.07. The number of aryl methyl sites for hydroxylation is 2. The van der Waals surface area contributed by atoms with E-state index in [1.54, 1.807) is 11.0 Å². The van der Waals surface area contributed by atoms with Gasteiger partial charge in [0.1, 0.15) is 12.7 Å². The van der Waals surface area contributed by atoms with Gasteiger partial charge in [-0.15, -0.1) is 0 Å². The third kappa shape index (κ3) is 2.95. The molecule has 2 aromatic heterocycles. The summed E-state index contributed by atoms with van der Waals surface area (Å²) in [5, 5.41) is 21.8. The SMILES string of the molecule is Cc1n[nH]c(C)c1CC(=O)N1C[C@H]2C[C@@H](n3cncn3)[C@H](O)C[C@H]2C1. The predicted molar refractivity (Wildman–Crippen MR) is 89.6 cm³/mol. The molecule has 0 unspecified atom stereocenters. The van der Waals surface area contributed by atoms with Gasteiger partial charge < -0.3 is 10.0 Å². The molecule has 2 aliphatic rings. The van der Waals surface area contributed by atoms with Crippen molar-refractivity contribution in [1.29, 1.82) is 0 Å². The van der Waals surface area contributed by atoms with Crippen LogP contribution in [0.4, 0.5) is 0 Å². The summed E-state index contributed by atoms with van der Waals surface area (Å²) in [5.74, 6) is 0.923. The highest BCUT2D eigenvalue weighted by Gasteiger charge is 2.43. The first-order valence-corrected chi connectivity index (χ1v) is 8.83. The van der Waals surface area contributed by atoms with Crippen molar-refractivity contribution in [2.75, 3.05) is 13.1 Å². The lowest BCUT2D eigenvalue weighted by molar-refractivity contribution is -0.129. The highest BCUT2D eigenvalue weighted by Crippen LogP contribution is 2.41. The minimum absolute atomic E-state index is 0.0443. The molecule has 0 spiro atoms.